The lowest BCUT2D eigenvalue weighted by atomic mass is 10.1. The monoisotopic (exact) mass is 354 g/mol. The molecule has 1 saturated heterocycles. The van der Waals surface area contributed by atoms with Crippen LogP contribution in [0.15, 0.2) is 12.1 Å². The summed E-state index contributed by atoms with van der Waals surface area (Å²) in [6.45, 7) is 5.99. The van der Waals surface area contributed by atoms with Gasteiger partial charge < -0.3 is 20.7 Å². The van der Waals surface area contributed by atoms with Gasteiger partial charge in [0.25, 0.3) is 5.69 Å². The van der Waals surface area contributed by atoms with Crippen molar-refractivity contribution in [2.24, 2.45) is 0 Å². The van der Waals surface area contributed by atoms with Gasteiger partial charge in [-0.3, -0.25) is 10.1 Å². The molecule has 0 unspecified atom stereocenters. The Kier molecular flexibility index (Phi) is 5.34. The minimum atomic E-state index is -0.702. The summed E-state index contributed by atoms with van der Waals surface area (Å²) in [5.41, 5.74) is 4.72. The number of nitrogens with two attached hydrogens (primary N) is 1. The third kappa shape index (κ3) is 4.49. The van der Waals surface area contributed by atoms with Crippen molar-refractivity contribution in [1.29, 1.82) is 0 Å². The van der Waals surface area contributed by atoms with E-state index >= 15 is 0 Å². The molecular formula is C16H23FN4O4. The molecule has 25 heavy (non-hydrogen) atoms. The molecule has 1 atom stereocenters. The number of nitrogen functional groups attached to an aromatic ring is 1. The number of rotatable bonds is 4. The van der Waals surface area contributed by atoms with Gasteiger partial charge in [0.05, 0.1) is 10.6 Å². The number of benzene rings is 1. The first-order chi connectivity index (χ1) is 11.6. The van der Waals surface area contributed by atoms with Gasteiger partial charge in [0.15, 0.2) is 0 Å². The maximum atomic E-state index is 13.8. The predicted molar refractivity (Wildman–Crippen MR) is 92.1 cm³/mol. The number of alkyl carbamates (subject to hydrolysis) is 1. The Morgan fingerprint density at radius 2 is 2.20 bits per heavy atom. The normalized spacial score (nSPS) is 17.4. The Bertz CT molecular complexity index is 675. The number of anilines is 2. The summed E-state index contributed by atoms with van der Waals surface area (Å²) in [5.74, 6) is -0.702. The van der Waals surface area contributed by atoms with Crippen LogP contribution in [0.1, 0.15) is 33.6 Å². The predicted octanol–water partition coefficient (Wildman–Crippen LogP) is 2.81. The van der Waals surface area contributed by atoms with Crippen LogP contribution >= 0.6 is 0 Å². The zero-order chi connectivity index (χ0) is 18.8. The maximum absolute atomic E-state index is 13.8. The molecule has 2 rings (SSSR count). The highest BCUT2D eigenvalue weighted by molar-refractivity contribution is 5.79. The fourth-order valence-electron chi connectivity index (χ4n) is 2.88. The summed E-state index contributed by atoms with van der Waals surface area (Å²) >= 11 is 0. The summed E-state index contributed by atoms with van der Waals surface area (Å²) in [6, 6.07) is 1.87. The van der Waals surface area contributed by atoms with Crippen LogP contribution in [0.2, 0.25) is 0 Å². The van der Waals surface area contributed by atoms with Gasteiger partial charge in [-0.1, -0.05) is 0 Å². The molecule has 1 heterocycles. The van der Waals surface area contributed by atoms with Crippen molar-refractivity contribution in [3.63, 3.8) is 0 Å². The van der Waals surface area contributed by atoms with E-state index in [1.165, 1.54) is 0 Å². The fraction of sp³-hybridized carbons (Fsp3) is 0.562. The number of nitro groups is 1. The number of carbonyl (C=O) groups is 1. The second kappa shape index (κ2) is 7.12. The van der Waals surface area contributed by atoms with Crippen molar-refractivity contribution in [1.82, 2.24) is 5.32 Å². The largest absolute Gasteiger partial charge is 0.444 e. The molecule has 0 radical (unpaired) electrons. The fourth-order valence-corrected chi connectivity index (χ4v) is 2.88. The lowest BCUT2D eigenvalue weighted by Gasteiger charge is -2.28. The zero-order valence-electron chi connectivity index (χ0n) is 14.5. The van der Waals surface area contributed by atoms with Gasteiger partial charge in [0.1, 0.15) is 17.1 Å². The van der Waals surface area contributed by atoms with E-state index in [1.807, 2.05) is 0 Å². The molecule has 9 heteroatoms. The first-order valence-electron chi connectivity index (χ1n) is 8.06. The average Bonchev–Trinajstić information content (AvgIpc) is 2.93. The smallest absolute Gasteiger partial charge is 0.407 e. The van der Waals surface area contributed by atoms with Crippen LogP contribution in [0.25, 0.3) is 0 Å². The molecule has 1 aliphatic heterocycles. The third-order valence-electron chi connectivity index (χ3n) is 3.88. The number of nitrogens with zero attached hydrogens (tertiary/aromatic N) is 2. The van der Waals surface area contributed by atoms with E-state index in [4.69, 9.17) is 10.5 Å². The topological polar surface area (TPSA) is 111 Å². The van der Waals surface area contributed by atoms with E-state index in [9.17, 15) is 19.3 Å². The zero-order valence-corrected chi connectivity index (χ0v) is 14.5. The quantitative estimate of drug-likeness (QED) is 0.489. The molecule has 1 aromatic carbocycles. The van der Waals surface area contributed by atoms with Crippen LogP contribution in [0.4, 0.5) is 26.2 Å². The highest BCUT2D eigenvalue weighted by Crippen LogP contribution is 2.39. The van der Waals surface area contributed by atoms with Gasteiger partial charge in [-0.05, 0) is 39.7 Å². The molecule has 8 nitrogen and oxygen atoms in total. The minimum Gasteiger partial charge on any atom is -0.444 e. The Labute approximate surface area is 145 Å². The molecule has 0 aromatic heterocycles. The second-order valence-corrected chi connectivity index (χ2v) is 6.96. The van der Waals surface area contributed by atoms with Crippen molar-refractivity contribution in [2.75, 3.05) is 23.7 Å². The van der Waals surface area contributed by atoms with Crippen LogP contribution in [-0.2, 0) is 4.74 Å². The first kappa shape index (κ1) is 18.8. The highest BCUT2D eigenvalue weighted by atomic mass is 19.1. The van der Waals surface area contributed by atoms with E-state index in [0.29, 0.717) is 13.0 Å². The lowest BCUT2D eigenvalue weighted by molar-refractivity contribution is -0.384. The van der Waals surface area contributed by atoms with Crippen LogP contribution in [-0.4, -0.2) is 35.7 Å². The second-order valence-electron chi connectivity index (χ2n) is 6.96. The van der Waals surface area contributed by atoms with Crippen molar-refractivity contribution >= 4 is 23.2 Å². The van der Waals surface area contributed by atoms with Crippen LogP contribution in [0, 0.1) is 15.9 Å². The van der Waals surface area contributed by atoms with E-state index in [1.54, 1.807) is 25.7 Å². The Morgan fingerprint density at radius 1 is 1.52 bits per heavy atom. The van der Waals surface area contributed by atoms with Crippen molar-refractivity contribution in [2.45, 2.75) is 45.3 Å². The highest BCUT2D eigenvalue weighted by Gasteiger charge is 2.33. The van der Waals surface area contributed by atoms with Gasteiger partial charge in [0, 0.05) is 25.2 Å². The maximum Gasteiger partial charge on any atom is 0.407 e. The number of carbonyl (C=O) groups excluding carboxylic acids is 1. The molecule has 1 amide bonds. The number of hydrogen-bond donors (Lipinski definition) is 2. The molecule has 138 valence electrons. The van der Waals surface area contributed by atoms with E-state index < -0.39 is 22.4 Å². The molecule has 0 bridgehead atoms. The van der Waals surface area contributed by atoms with Crippen molar-refractivity contribution in [3.05, 3.63) is 28.1 Å². The van der Waals surface area contributed by atoms with Gasteiger partial charge in [0.2, 0.25) is 0 Å². The molecule has 3 N–H and O–H groups in total. The lowest BCUT2D eigenvalue weighted by Crippen LogP contribution is -2.42. The van der Waals surface area contributed by atoms with Crippen LogP contribution in [0.3, 0.4) is 0 Å². The van der Waals surface area contributed by atoms with Gasteiger partial charge in [-0.15, -0.1) is 0 Å². The number of hydrogen-bond acceptors (Lipinski definition) is 6. The van der Waals surface area contributed by atoms with Gasteiger partial charge in [-0.2, -0.15) is 0 Å². The average molecular weight is 354 g/mol. The summed E-state index contributed by atoms with van der Waals surface area (Å²) in [6.07, 6.45) is 0.887. The Balaban J connectivity index is 2.18. The number of nitro benzene ring substituents is 1. The summed E-state index contributed by atoms with van der Waals surface area (Å²) in [7, 11) is 0. The van der Waals surface area contributed by atoms with Gasteiger partial charge in [-0.25, -0.2) is 9.18 Å². The Hall–Kier alpha value is -2.58. The summed E-state index contributed by atoms with van der Waals surface area (Å²) in [4.78, 5) is 24.2. The number of nitrogens with one attached hydrogen (secondary N) is 1. The van der Waals surface area contributed by atoms with Crippen LogP contribution < -0.4 is 16.0 Å². The molecule has 1 fully saturated rings. The standard InChI is InChI=1S/C16H23FN4O4/c1-16(2,3)25-15(22)19-9-10-5-4-8-20(10)14-12(21(23)24)7-6-11(17)13(14)18/h6-7,10H,4-5,8-9,18H2,1-3H3,(H,19,22)/t10-/m0/s1. The summed E-state index contributed by atoms with van der Waals surface area (Å²) < 4.78 is 19.0. The van der Waals surface area contributed by atoms with E-state index in [2.05, 4.69) is 5.32 Å². The first-order valence-corrected chi connectivity index (χ1v) is 8.06. The van der Waals surface area contributed by atoms with Gasteiger partial charge >= 0.3 is 6.09 Å². The molecule has 0 spiro atoms. The van der Waals surface area contributed by atoms with Crippen molar-refractivity contribution < 1.29 is 18.8 Å². The van der Waals surface area contributed by atoms with E-state index in [0.717, 1.165) is 18.6 Å². The number of amides is 1. The molecular weight excluding hydrogens is 331 g/mol. The molecule has 1 aliphatic rings. The SMILES string of the molecule is CC(C)(C)OC(=O)NC[C@@H]1CCCN1c1c([N+](=O)[O-])ccc(F)c1N. The van der Waals surface area contributed by atoms with Crippen LogP contribution in [0.5, 0.6) is 0 Å². The third-order valence-corrected chi connectivity index (χ3v) is 3.88. The minimum absolute atomic E-state index is 0.0680. The van der Waals surface area contributed by atoms with E-state index in [-0.39, 0.29) is 29.6 Å². The molecule has 1 aromatic rings. The number of ether oxygens (including phenoxy) is 1. The number of halogens is 1. The van der Waals surface area contributed by atoms with Crippen molar-refractivity contribution in [3.8, 4) is 0 Å². The Morgan fingerprint density at radius 3 is 2.80 bits per heavy atom. The molecule has 0 aliphatic carbocycles. The summed E-state index contributed by atoms with van der Waals surface area (Å²) in [5, 5.41) is 13.9. The molecule has 0 saturated carbocycles.